The van der Waals surface area contributed by atoms with Crippen LogP contribution in [-0.2, 0) is 4.79 Å². The van der Waals surface area contributed by atoms with Crippen LogP contribution in [0.3, 0.4) is 0 Å². The second-order valence-corrected chi connectivity index (χ2v) is 5.20. The molecular formula is C15H22N2O3. The maximum absolute atomic E-state index is 12.5. The highest BCUT2D eigenvalue weighted by Crippen LogP contribution is 2.15. The van der Waals surface area contributed by atoms with Gasteiger partial charge in [0.05, 0.1) is 7.11 Å². The zero-order valence-electron chi connectivity index (χ0n) is 12.2. The summed E-state index contributed by atoms with van der Waals surface area (Å²) in [6.45, 7) is 3.36. The van der Waals surface area contributed by atoms with Crippen molar-refractivity contribution in [3.05, 3.63) is 28.7 Å². The smallest absolute Gasteiger partial charge is 0.293 e. The molecule has 0 N–H and O–H groups in total. The minimum atomic E-state index is -0.490. The molecule has 1 fully saturated rings. The molecule has 0 unspecified atom stereocenters. The monoisotopic (exact) mass is 278 g/mol. The Kier molecular flexibility index (Phi) is 4.82. The summed E-state index contributed by atoms with van der Waals surface area (Å²) in [6, 6.07) is 2.85. The van der Waals surface area contributed by atoms with Crippen molar-refractivity contribution in [1.29, 1.82) is 0 Å². The third kappa shape index (κ3) is 3.03. The van der Waals surface area contributed by atoms with Crippen molar-refractivity contribution in [2.75, 3.05) is 20.2 Å². The number of methoxy groups -OCH3 is 1. The van der Waals surface area contributed by atoms with Crippen LogP contribution in [-0.4, -0.2) is 35.6 Å². The van der Waals surface area contributed by atoms with Crippen molar-refractivity contribution < 1.29 is 9.53 Å². The lowest BCUT2D eigenvalue weighted by Crippen LogP contribution is -2.39. The molecule has 0 radical (unpaired) electrons. The van der Waals surface area contributed by atoms with E-state index < -0.39 is 6.04 Å². The van der Waals surface area contributed by atoms with Crippen LogP contribution in [0, 0.1) is 0 Å². The topological polar surface area (TPSA) is 51.5 Å². The maximum Gasteiger partial charge on any atom is 0.293 e. The number of carbonyl (C=O) groups excluding carboxylic acids is 1. The van der Waals surface area contributed by atoms with Gasteiger partial charge in [-0.05, 0) is 31.9 Å². The molecule has 1 aromatic heterocycles. The van der Waals surface area contributed by atoms with E-state index >= 15 is 0 Å². The lowest BCUT2D eigenvalue weighted by atomic mass is 10.2. The maximum atomic E-state index is 12.5. The summed E-state index contributed by atoms with van der Waals surface area (Å²) >= 11 is 0. The van der Waals surface area contributed by atoms with E-state index in [1.807, 2.05) is 4.90 Å². The van der Waals surface area contributed by atoms with Crippen molar-refractivity contribution in [1.82, 2.24) is 9.47 Å². The Morgan fingerprint density at radius 3 is 2.50 bits per heavy atom. The predicted molar refractivity (Wildman–Crippen MR) is 77.0 cm³/mol. The van der Waals surface area contributed by atoms with Crippen LogP contribution < -0.4 is 10.3 Å². The summed E-state index contributed by atoms with van der Waals surface area (Å²) < 4.78 is 6.47. The molecule has 0 spiro atoms. The highest BCUT2D eigenvalue weighted by Gasteiger charge is 2.23. The largest absolute Gasteiger partial charge is 0.491 e. The van der Waals surface area contributed by atoms with Crippen LogP contribution in [0.25, 0.3) is 0 Å². The molecule has 1 saturated heterocycles. The van der Waals surface area contributed by atoms with Gasteiger partial charge in [0.15, 0.2) is 5.75 Å². The minimum absolute atomic E-state index is 0.0160. The number of pyridine rings is 1. The van der Waals surface area contributed by atoms with Gasteiger partial charge in [-0.1, -0.05) is 12.8 Å². The molecule has 110 valence electrons. The fraction of sp³-hybridized carbons (Fsp3) is 0.600. The molecule has 5 nitrogen and oxygen atoms in total. The van der Waals surface area contributed by atoms with E-state index in [4.69, 9.17) is 4.74 Å². The molecule has 0 saturated carbocycles. The number of amides is 1. The summed E-state index contributed by atoms with van der Waals surface area (Å²) in [4.78, 5) is 26.6. The Bertz CT molecular complexity index is 516. The van der Waals surface area contributed by atoms with Gasteiger partial charge >= 0.3 is 0 Å². The molecular weight excluding hydrogens is 256 g/mol. The van der Waals surface area contributed by atoms with Gasteiger partial charge in [-0.25, -0.2) is 0 Å². The normalized spacial score (nSPS) is 17.4. The Balaban J connectivity index is 2.19. The Labute approximate surface area is 119 Å². The van der Waals surface area contributed by atoms with E-state index in [-0.39, 0.29) is 17.2 Å². The number of carbonyl (C=O) groups is 1. The number of nitrogens with zero attached hydrogens (tertiary/aromatic N) is 2. The quantitative estimate of drug-likeness (QED) is 0.847. The van der Waals surface area contributed by atoms with Crippen molar-refractivity contribution in [3.63, 3.8) is 0 Å². The molecule has 0 aromatic carbocycles. The first-order valence-electron chi connectivity index (χ1n) is 7.19. The van der Waals surface area contributed by atoms with E-state index in [0.29, 0.717) is 0 Å². The van der Waals surface area contributed by atoms with Gasteiger partial charge in [-0.15, -0.1) is 0 Å². The second-order valence-electron chi connectivity index (χ2n) is 5.20. The van der Waals surface area contributed by atoms with Crippen LogP contribution in [0.4, 0.5) is 0 Å². The summed E-state index contributed by atoms with van der Waals surface area (Å²) in [5, 5.41) is 0. The van der Waals surface area contributed by atoms with Gasteiger partial charge in [0, 0.05) is 19.3 Å². The zero-order chi connectivity index (χ0) is 14.5. The van der Waals surface area contributed by atoms with Crippen molar-refractivity contribution >= 4 is 5.91 Å². The average molecular weight is 278 g/mol. The van der Waals surface area contributed by atoms with Crippen LogP contribution >= 0.6 is 0 Å². The van der Waals surface area contributed by atoms with Gasteiger partial charge < -0.3 is 14.2 Å². The highest BCUT2D eigenvalue weighted by atomic mass is 16.5. The number of rotatable bonds is 3. The number of ether oxygens (including phenoxy) is 1. The molecule has 5 heteroatoms. The number of hydrogen-bond donors (Lipinski definition) is 0. The summed E-state index contributed by atoms with van der Waals surface area (Å²) in [6.07, 6.45) is 6.09. The molecule has 1 amide bonds. The molecule has 1 aliphatic rings. The van der Waals surface area contributed by atoms with Gasteiger partial charge in [0.2, 0.25) is 5.91 Å². The van der Waals surface area contributed by atoms with Crippen molar-refractivity contribution in [2.45, 2.75) is 38.6 Å². The number of likely N-dealkylation sites (tertiary alicyclic amines) is 1. The number of aromatic nitrogens is 1. The molecule has 2 heterocycles. The molecule has 1 aromatic rings. The Morgan fingerprint density at radius 2 is 1.90 bits per heavy atom. The van der Waals surface area contributed by atoms with E-state index in [1.165, 1.54) is 24.5 Å². The average Bonchev–Trinajstić information content (AvgIpc) is 2.75. The SMILES string of the molecule is COc1cccn([C@@H](C)C(=O)N2CCCCCC2)c1=O. The molecule has 0 bridgehead atoms. The first kappa shape index (κ1) is 14.6. The summed E-state index contributed by atoms with van der Waals surface area (Å²) in [7, 11) is 1.46. The fourth-order valence-corrected chi connectivity index (χ4v) is 2.62. The standard InChI is InChI=1S/C15H22N2O3/c1-12(14(18)16-9-5-3-4-6-10-16)17-11-7-8-13(20-2)15(17)19/h7-8,11-12H,3-6,9-10H2,1-2H3/t12-/m0/s1. The minimum Gasteiger partial charge on any atom is -0.491 e. The second kappa shape index (κ2) is 6.59. The third-order valence-electron chi connectivity index (χ3n) is 3.85. The lowest BCUT2D eigenvalue weighted by Gasteiger charge is -2.25. The van der Waals surface area contributed by atoms with Crippen LogP contribution in [0.15, 0.2) is 23.1 Å². The lowest BCUT2D eigenvalue weighted by molar-refractivity contribution is -0.134. The Hall–Kier alpha value is -1.78. The first-order valence-corrected chi connectivity index (χ1v) is 7.19. The van der Waals surface area contributed by atoms with Gasteiger partial charge in [-0.2, -0.15) is 0 Å². The summed E-state index contributed by atoms with van der Waals surface area (Å²) in [5.41, 5.74) is -0.259. The molecule has 20 heavy (non-hydrogen) atoms. The fourth-order valence-electron chi connectivity index (χ4n) is 2.62. The van der Waals surface area contributed by atoms with Crippen LogP contribution in [0.1, 0.15) is 38.6 Å². The van der Waals surface area contributed by atoms with Crippen LogP contribution in [0.2, 0.25) is 0 Å². The van der Waals surface area contributed by atoms with Crippen molar-refractivity contribution in [2.24, 2.45) is 0 Å². The highest BCUT2D eigenvalue weighted by molar-refractivity contribution is 5.80. The molecule has 1 aliphatic heterocycles. The van der Waals surface area contributed by atoms with E-state index in [0.717, 1.165) is 25.9 Å². The summed E-state index contributed by atoms with van der Waals surface area (Å²) in [5.74, 6) is 0.283. The zero-order valence-corrected chi connectivity index (χ0v) is 12.2. The van der Waals surface area contributed by atoms with Gasteiger partial charge in [-0.3, -0.25) is 9.59 Å². The molecule has 2 rings (SSSR count). The molecule has 0 aliphatic carbocycles. The predicted octanol–water partition coefficient (Wildman–Crippen LogP) is 1.82. The van der Waals surface area contributed by atoms with Crippen LogP contribution in [0.5, 0.6) is 5.75 Å². The van der Waals surface area contributed by atoms with Gasteiger partial charge in [0.25, 0.3) is 5.56 Å². The van der Waals surface area contributed by atoms with E-state index in [9.17, 15) is 9.59 Å². The Morgan fingerprint density at radius 1 is 1.25 bits per heavy atom. The molecule has 1 atom stereocenters. The third-order valence-corrected chi connectivity index (χ3v) is 3.85. The van der Waals surface area contributed by atoms with Gasteiger partial charge in [0.1, 0.15) is 6.04 Å². The van der Waals surface area contributed by atoms with Crippen molar-refractivity contribution in [3.8, 4) is 5.75 Å². The van der Waals surface area contributed by atoms with E-state index in [2.05, 4.69) is 0 Å². The first-order chi connectivity index (χ1) is 9.65. The number of hydrogen-bond acceptors (Lipinski definition) is 3. The van der Waals surface area contributed by atoms with E-state index in [1.54, 1.807) is 25.3 Å².